The van der Waals surface area contributed by atoms with Crippen LogP contribution in [0, 0.1) is 0 Å². The van der Waals surface area contributed by atoms with Gasteiger partial charge in [-0.15, -0.1) is 0 Å². The van der Waals surface area contributed by atoms with E-state index in [2.05, 4.69) is 10.5 Å². The van der Waals surface area contributed by atoms with Gasteiger partial charge >= 0.3 is 11.8 Å². The first-order valence-electron chi connectivity index (χ1n) is 10.3. The Morgan fingerprint density at radius 3 is 2.42 bits per heavy atom. The summed E-state index contributed by atoms with van der Waals surface area (Å²) in [6, 6.07) is 7.33. The molecule has 0 fully saturated rings. The summed E-state index contributed by atoms with van der Waals surface area (Å²) in [5, 5.41) is 6.15. The van der Waals surface area contributed by atoms with Crippen LogP contribution in [0.4, 0.5) is 13.2 Å². The van der Waals surface area contributed by atoms with Crippen molar-refractivity contribution in [1.29, 1.82) is 0 Å². The van der Waals surface area contributed by atoms with Gasteiger partial charge in [-0.25, -0.2) is 4.79 Å². The molecule has 0 spiro atoms. The highest BCUT2D eigenvalue weighted by atomic mass is 35.5. The molecule has 2 heterocycles. The number of primary amides is 1. The van der Waals surface area contributed by atoms with Gasteiger partial charge in [-0.3, -0.25) is 9.59 Å². The van der Waals surface area contributed by atoms with Gasteiger partial charge in [0.05, 0.1) is 11.3 Å². The van der Waals surface area contributed by atoms with E-state index in [4.69, 9.17) is 38.2 Å². The number of fused-ring (bicyclic) bond motifs is 1. The first-order chi connectivity index (χ1) is 16.8. The van der Waals surface area contributed by atoms with E-state index in [1.807, 2.05) is 0 Å². The van der Waals surface area contributed by atoms with Crippen LogP contribution in [0.25, 0.3) is 11.0 Å². The Morgan fingerprint density at radius 2 is 1.81 bits per heavy atom. The average Bonchev–Trinajstić information content (AvgIpc) is 3.24. The Morgan fingerprint density at radius 1 is 1.14 bits per heavy atom. The lowest BCUT2D eigenvalue weighted by Gasteiger charge is -2.29. The van der Waals surface area contributed by atoms with E-state index in [1.54, 1.807) is 0 Å². The van der Waals surface area contributed by atoms with Crippen LogP contribution in [-0.4, -0.2) is 29.7 Å². The van der Waals surface area contributed by atoms with E-state index in [0.29, 0.717) is 0 Å². The normalized spacial score (nSPS) is 18.4. The van der Waals surface area contributed by atoms with Crippen LogP contribution in [0.5, 0.6) is 0 Å². The summed E-state index contributed by atoms with van der Waals surface area (Å²) in [4.78, 5) is 40.9. The number of amides is 2. The first kappa shape index (κ1) is 25.5. The predicted octanol–water partition coefficient (Wildman–Crippen LogP) is 4.29. The number of carbonyl (C=O) groups is 2. The van der Waals surface area contributed by atoms with E-state index >= 15 is 0 Å². The van der Waals surface area contributed by atoms with E-state index in [1.165, 1.54) is 31.2 Å². The number of benzene rings is 2. The quantitative estimate of drug-likeness (QED) is 0.466. The van der Waals surface area contributed by atoms with Crippen LogP contribution < -0.4 is 16.7 Å². The number of alkyl halides is 3. The van der Waals surface area contributed by atoms with Gasteiger partial charge in [0.15, 0.2) is 5.58 Å². The molecule has 8 nitrogen and oxygen atoms in total. The third kappa shape index (κ3) is 4.51. The lowest BCUT2D eigenvalue weighted by atomic mass is 9.85. The summed E-state index contributed by atoms with van der Waals surface area (Å²) in [5.74, 6) is -1.58. The maximum absolute atomic E-state index is 14.3. The van der Waals surface area contributed by atoms with E-state index in [0.717, 1.165) is 18.2 Å². The Balaban J connectivity index is 1.80. The molecule has 4 rings (SSSR count). The second-order valence-electron chi connectivity index (χ2n) is 8.04. The number of hydrogen-bond donors (Lipinski definition) is 2. The molecule has 0 saturated heterocycles. The zero-order valence-corrected chi connectivity index (χ0v) is 19.8. The van der Waals surface area contributed by atoms with E-state index < -0.39 is 41.7 Å². The fraction of sp³-hybridized carbons (Fsp3) is 0.217. The van der Waals surface area contributed by atoms with Crippen molar-refractivity contribution in [1.82, 2.24) is 5.32 Å². The average molecular weight is 542 g/mol. The minimum absolute atomic E-state index is 0.0223. The smallest absolute Gasteiger partial charge is 0.422 e. The van der Waals surface area contributed by atoms with Crippen LogP contribution in [0.1, 0.15) is 34.8 Å². The van der Waals surface area contributed by atoms with E-state index in [9.17, 15) is 27.6 Å². The van der Waals surface area contributed by atoms with E-state index in [-0.39, 0.29) is 43.4 Å². The standard InChI is InChI=1S/C23H16Cl2F3N3O5/c1-10(20(29)33)30-21(34)16-3-2-14(15-4-5-18(32)35-19(15)16)17-9-22(36-31-17,23(26,27)28)11-6-12(24)8-13(25)7-11/h2-8,10H,9H2,1H3,(H2,29,33)(H,30,34). The molecule has 13 heteroatoms. The molecular weight excluding hydrogens is 526 g/mol. The third-order valence-corrected chi connectivity index (χ3v) is 6.07. The Hall–Kier alpha value is -3.57. The monoisotopic (exact) mass is 541 g/mol. The van der Waals surface area contributed by atoms with Gasteiger partial charge < -0.3 is 20.3 Å². The van der Waals surface area contributed by atoms with Crippen LogP contribution in [-0.2, 0) is 15.2 Å². The third-order valence-electron chi connectivity index (χ3n) is 5.63. The molecule has 0 aliphatic carbocycles. The van der Waals surface area contributed by atoms with Crippen LogP contribution >= 0.6 is 23.2 Å². The molecule has 36 heavy (non-hydrogen) atoms. The molecule has 0 bridgehead atoms. The summed E-state index contributed by atoms with van der Waals surface area (Å²) in [7, 11) is 0. The Labute approximate surface area is 210 Å². The van der Waals surface area contributed by atoms with Gasteiger partial charge in [-0.1, -0.05) is 34.4 Å². The molecule has 2 amide bonds. The van der Waals surface area contributed by atoms with Crippen molar-refractivity contribution in [3.8, 4) is 0 Å². The lowest BCUT2D eigenvalue weighted by Crippen LogP contribution is -2.42. The zero-order valence-electron chi connectivity index (χ0n) is 18.3. The number of carbonyl (C=O) groups excluding carboxylic acids is 2. The van der Waals surface area contributed by atoms with Gasteiger partial charge in [0.1, 0.15) is 6.04 Å². The fourth-order valence-corrected chi connectivity index (χ4v) is 4.30. The Bertz CT molecular complexity index is 1470. The minimum Gasteiger partial charge on any atom is -0.422 e. The van der Waals surface area contributed by atoms with Crippen molar-refractivity contribution in [2.24, 2.45) is 10.9 Å². The summed E-state index contributed by atoms with van der Waals surface area (Å²) in [5.41, 5.74) is 0.785. The topological polar surface area (TPSA) is 124 Å². The molecule has 3 N–H and O–H groups in total. The molecule has 2 unspecified atom stereocenters. The highest BCUT2D eigenvalue weighted by Gasteiger charge is 2.62. The molecule has 2 atom stereocenters. The molecule has 1 aliphatic rings. The van der Waals surface area contributed by atoms with Crippen LogP contribution in [0.15, 0.2) is 56.8 Å². The molecule has 0 radical (unpaired) electrons. The van der Waals surface area contributed by atoms with Crippen LogP contribution in [0.3, 0.4) is 0 Å². The highest BCUT2D eigenvalue weighted by molar-refractivity contribution is 6.34. The number of nitrogens with two attached hydrogens (primary N) is 1. The first-order valence-corrected chi connectivity index (χ1v) is 11.0. The van der Waals surface area contributed by atoms with Gasteiger partial charge in [0, 0.05) is 39.0 Å². The highest BCUT2D eigenvalue weighted by Crippen LogP contribution is 2.50. The number of rotatable bonds is 5. The number of oxime groups is 1. The molecule has 2 aromatic carbocycles. The van der Waals surface area contributed by atoms with Crippen molar-refractivity contribution >= 4 is 51.7 Å². The molecule has 0 saturated carbocycles. The van der Waals surface area contributed by atoms with Gasteiger partial charge in [-0.2, -0.15) is 13.2 Å². The van der Waals surface area contributed by atoms with Gasteiger partial charge in [-0.05, 0) is 37.3 Å². The molecule has 188 valence electrons. The molecule has 1 aromatic heterocycles. The Kier molecular flexibility index (Phi) is 6.48. The maximum atomic E-state index is 14.3. The second-order valence-corrected chi connectivity index (χ2v) is 8.92. The van der Waals surface area contributed by atoms with Crippen LogP contribution in [0.2, 0.25) is 10.0 Å². The SMILES string of the molecule is CC(NC(=O)c1ccc(C2=NOC(c3cc(Cl)cc(Cl)c3)(C(F)(F)F)C2)c2ccc(=O)oc12)C(N)=O. The van der Waals surface area contributed by atoms with Crippen molar-refractivity contribution in [3.63, 3.8) is 0 Å². The lowest BCUT2D eigenvalue weighted by molar-refractivity contribution is -0.275. The number of nitrogens with zero attached hydrogens (tertiary/aromatic N) is 1. The number of hydrogen-bond acceptors (Lipinski definition) is 6. The summed E-state index contributed by atoms with van der Waals surface area (Å²) < 4.78 is 48.2. The molecule has 3 aromatic rings. The summed E-state index contributed by atoms with van der Waals surface area (Å²) in [6.07, 6.45) is -5.68. The minimum atomic E-state index is -4.92. The molecule has 1 aliphatic heterocycles. The fourth-order valence-electron chi connectivity index (χ4n) is 3.77. The van der Waals surface area contributed by atoms with Crippen molar-refractivity contribution in [2.45, 2.75) is 31.2 Å². The van der Waals surface area contributed by atoms with Crippen molar-refractivity contribution in [2.75, 3.05) is 0 Å². The molecular formula is C23H16Cl2F3N3O5. The van der Waals surface area contributed by atoms with Crippen molar-refractivity contribution < 1.29 is 32.0 Å². The number of halogens is 5. The second kappa shape index (κ2) is 9.14. The summed E-state index contributed by atoms with van der Waals surface area (Å²) in [6.45, 7) is 1.36. The maximum Gasteiger partial charge on any atom is 0.435 e. The van der Waals surface area contributed by atoms with Gasteiger partial charge in [0.25, 0.3) is 11.5 Å². The van der Waals surface area contributed by atoms with Crippen molar-refractivity contribution in [3.05, 3.63) is 79.6 Å². The van der Waals surface area contributed by atoms with Gasteiger partial charge in [0.2, 0.25) is 5.91 Å². The number of nitrogens with one attached hydrogen (secondary N) is 1. The largest absolute Gasteiger partial charge is 0.435 e. The zero-order chi connectivity index (χ0) is 26.4. The predicted molar refractivity (Wildman–Crippen MR) is 125 cm³/mol. The summed E-state index contributed by atoms with van der Waals surface area (Å²) >= 11 is 11.9.